The summed E-state index contributed by atoms with van der Waals surface area (Å²) in [4.78, 5) is 5.05. The molecule has 0 amide bonds. The lowest BCUT2D eigenvalue weighted by Crippen LogP contribution is -2.42. The quantitative estimate of drug-likeness (QED) is 0.851. The summed E-state index contributed by atoms with van der Waals surface area (Å²) in [6.45, 7) is 9.70. The first-order valence-electron chi connectivity index (χ1n) is 8.20. The molecule has 2 fully saturated rings. The largest absolute Gasteiger partial charge is 0.379 e. The third-order valence-electron chi connectivity index (χ3n) is 4.49. The maximum absolute atomic E-state index is 5.38. The van der Waals surface area contributed by atoms with Crippen LogP contribution in [0.2, 0.25) is 0 Å². The number of ether oxygens (including phenoxy) is 1. The number of likely N-dealkylation sites (tertiary alicyclic amines) is 1. The molecule has 0 bridgehead atoms. The number of nitrogens with one attached hydrogen (secondary N) is 1. The molecule has 21 heavy (non-hydrogen) atoms. The smallest absolute Gasteiger partial charge is 0.0594 e. The maximum atomic E-state index is 5.38. The predicted octanol–water partition coefficient (Wildman–Crippen LogP) is 1.18. The van der Waals surface area contributed by atoms with Crippen LogP contribution in [0.5, 0.6) is 0 Å². The molecule has 3 rings (SSSR count). The van der Waals surface area contributed by atoms with Gasteiger partial charge < -0.3 is 10.1 Å². The molecule has 2 aliphatic heterocycles. The average molecular weight is 289 g/mol. The standard InChI is InChI=1S/C17H27N3O/c1-2-4-16(5-3-1)14-20-8-6-17(15-20)18-7-9-19-10-12-21-13-11-19/h1-5,17-18H,6-15H2. The molecule has 1 unspecified atom stereocenters. The van der Waals surface area contributed by atoms with Gasteiger partial charge in [-0.2, -0.15) is 0 Å². The van der Waals surface area contributed by atoms with Crippen molar-refractivity contribution >= 4 is 0 Å². The van der Waals surface area contributed by atoms with Crippen molar-refractivity contribution in [3.8, 4) is 0 Å². The van der Waals surface area contributed by atoms with Crippen molar-refractivity contribution in [1.82, 2.24) is 15.1 Å². The highest BCUT2D eigenvalue weighted by atomic mass is 16.5. The van der Waals surface area contributed by atoms with Gasteiger partial charge in [0.05, 0.1) is 13.2 Å². The van der Waals surface area contributed by atoms with Crippen LogP contribution in [0.15, 0.2) is 30.3 Å². The number of rotatable bonds is 6. The number of hydrogen-bond donors (Lipinski definition) is 1. The van der Waals surface area contributed by atoms with Crippen molar-refractivity contribution in [2.24, 2.45) is 0 Å². The van der Waals surface area contributed by atoms with Crippen LogP contribution in [0.25, 0.3) is 0 Å². The van der Waals surface area contributed by atoms with Crippen molar-refractivity contribution in [1.29, 1.82) is 0 Å². The highest BCUT2D eigenvalue weighted by Gasteiger charge is 2.22. The molecule has 0 saturated carbocycles. The van der Waals surface area contributed by atoms with Crippen LogP contribution in [-0.4, -0.2) is 68.3 Å². The Balaban J connectivity index is 1.33. The van der Waals surface area contributed by atoms with E-state index >= 15 is 0 Å². The Bertz CT molecular complexity index is 406. The van der Waals surface area contributed by atoms with Gasteiger partial charge in [0.2, 0.25) is 0 Å². The molecule has 0 aliphatic carbocycles. The van der Waals surface area contributed by atoms with Gasteiger partial charge in [0.25, 0.3) is 0 Å². The molecule has 2 heterocycles. The molecule has 116 valence electrons. The van der Waals surface area contributed by atoms with Crippen LogP contribution in [-0.2, 0) is 11.3 Å². The van der Waals surface area contributed by atoms with E-state index in [2.05, 4.69) is 45.4 Å². The van der Waals surface area contributed by atoms with Crippen LogP contribution in [0.3, 0.4) is 0 Å². The Morgan fingerprint density at radius 1 is 1.05 bits per heavy atom. The molecule has 1 N–H and O–H groups in total. The van der Waals surface area contributed by atoms with Gasteiger partial charge >= 0.3 is 0 Å². The molecular formula is C17H27N3O. The van der Waals surface area contributed by atoms with Crippen LogP contribution in [0, 0.1) is 0 Å². The highest BCUT2D eigenvalue weighted by molar-refractivity contribution is 5.14. The molecule has 1 aromatic carbocycles. The minimum Gasteiger partial charge on any atom is -0.379 e. The second kappa shape index (κ2) is 7.90. The summed E-state index contributed by atoms with van der Waals surface area (Å²) < 4.78 is 5.38. The SMILES string of the molecule is c1ccc(CN2CCC(NCCN3CCOCC3)C2)cc1. The molecule has 1 atom stereocenters. The fraction of sp³-hybridized carbons (Fsp3) is 0.647. The Morgan fingerprint density at radius 3 is 2.67 bits per heavy atom. The summed E-state index contributed by atoms with van der Waals surface area (Å²) in [6, 6.07) is 11.4. The summed E-state index contributed by atoms with van der Waals surface area (Å²) in [5, 5.41) is 3.72. The van der Waals surface area contributed by atoms with Gasteiger partial charge in [-0.1, -0.05) is 30.3 Å². The van der Waals surface area contributed by atoms with E-state index in [0.29, 0.717) is 6.04 Å². The fourth-order valence-corrected chi connectivity index (χ4v) is 3.24. The average Bonchev–Trinajstić information content (AvgIpc) is 2.97. The lowest BCUT2D eigenvalue weighted by atomic mass is 10.2. The van der Waals surface area contributed by atoms with Crippen molar-refractivity contribution in [3.63, 3.8) is 0 Å². The lowest BCUT2D eigenvalue weighted by Gasteiger charge is -2.27. The molecular weight excluding hydrogens is 262 g/mol. The van der Waals surface area contributed by atoms with Crippen molar-refractivity contribution in [2.45, 2.75) is 19.0 Å². The molecule has 2 aliphatic rings. The third-order valence-corrected chi connectivity index (χ3v) is 4.49. The normalized spacial score (nSPS) is 24.5. The van der Waals surface area contributed by atoms with Crippen LogP contribution >= 0.6 is 0 Å². The zero-order valence-corrected chi connectivity index (χ0v) is 12.8. The van der Waals surface area contributed by atoms with Gasteiger partial charge in [-0.05, 0) is 12.0 Å². The van der Waals surface area contributed by atoms with Gasteiger partial charge in [-0.3, -0.25) is 9.80 Å². The van der Waals surface area contributed by atoms with Crippen molar-refractivity contribution in [3.05, 3.63) is 35.9 Å². The van der Waals surface area contributed by atoms with E-state index in [-0.39, 0.29) is 0 Å². The van der Waals surface area contributed by atoms with E-state index in [1.54, 1.807) is 0 Å². The number of morpholine rings is 1. The van der Waals surface area contributed by atoms with Gasteiger partial charge in [-0.15, -0.1) is 0 Å². The van der Waals surface area contributed by atoms with E-state index in [1.165, 1.54) is 25.1 Å². The van der Waals surface area contributed by atoms with E-state index in [4.69, 9.17) is 4.74 Å². The van der Waals surface area contributed by atoms with E-state index in [9.17, 15) is 0 Å². The Hall–Kier alpha value is -0.940. The van der Waals surface area contributed by atoms with Crippen molar-refractivity contribution < 1.29 is 4.74 Å². The molecule has 1 aromatic rings. The zero-order valence-electron chi connectivity index (χ0n) is 12.8. The molecule has 0 radical (unpaired) electrons. The van der Waals surface area contributed by atoms with Crippen molar-refractivity contribution in [2.75, 3.05) is 52.5 Å². The van der Waals surface area contributed by atoms with Gasteiger partial charge in [0.15, 0.2) is 0 Å². The third kappa shape index (κ3) is 4.78. The first-order chi connectivity index (χ1) is 10.4. The summed E-state index contributed by atoms with van der Waals surface area (Å²) in [6.07, 6.45) is 1.27. The lowest BCUT2D eigenvalue weighted by molar-refractivity contribution is 0.0381. The zero-order chi connectivity index (χ0) is 14.3. The van der Waals surface area contributed by atoms with Crippen LogP contribution in [0.4, 0.5) is 0 Å². The minimum absolute atomic E-state index is 0.662. The molecule has 4 heteroatoms. The van der Waals surface area contributed by atoms with Crippen LogP contribution in [0.1, 0.15) is 12.0 Å². The Morgan fingerprint density at radius 2 is 1.86 bits per heavy atom. The molecule has 0 spiro atoms. The summed E-state index contributed by atoms with van der Waals surface area (Å²) in [7, 11) is 0. The summed E-state index contributed by atoms with van der Waals surface area (Å²) in [5.74, 6) is 0. The molecule has 4 nitrogen and oxygen atoms in total. The number of benzene rings is 1. The number of nitrogens with zero attached hydrogens (tertiary/aromatic N) is 2. The monoisotopic (exact) mass is 289 g/mol. The minimum atomic E-state index is 0.662. The number of hydrogen-bond acceptors (Lipinski definition) is 4. The predicted molar refractivity (Wildman–Crippen MR) is 85.4 cm³/mol. The van der Waals surface area contributed by atoms with E-state index in [1.807, 2.05) is 0 Å². The second-order valence-electron chi connectivity index (χ2n) is 6.11. The van der Waals surface area contributed by atoms with Gasteiger partial charge in [0.1, 0.15) is 0 Å². The van der Waals surface area contributed by atoms with Gasteiger partial charge in [0, 0.05) is 51.9 Å². The Kier molecular flexibility index (Phi) is 5.63. The highest BCUT2D eigenvalue weighted by Crippen LogP contribution is 2.13. The second-order valence-corrected chi connectivity index (χ2v) is 6.11. The summed E-state index contributed by atoms with van der Waals surface area (Å²) in [5.41, 5.74) is 1.42. The first-order valence-corrected chi connectivity index (χ1v) is 8.20. The first kappa shape index (κ1) is 15.0. The molecule has 2 saturated heterocycles. The fourth-order valence-electron chi connectivity index (χ4n) is 3.24. The van der Waals surface area contributed by atoms with Gasteiger partial charge in [-0.25, -0.2) is 0 Å². The van der Waals surface area contributed by atoms with Crippen LogP contribution < -0.4 is 5.32 Å². The topological polar surface area (TPSA) is 27.7 Å². The molecule has 0 aromatic heterocycles. The Labute approximate surface area is 128 Å². The van der Waals surface area contributed by atoms with E-state index in [0.717, 1.165) is 45.9 Å². The maximum Gasteiger partial charge on any atom is 0.0594 e. The van der Waals surface area contributed by atoms with E-state index < -0.39 is 0 Å². The summed E-state index contributed by atoms with van der Waals surface area (Å²) >= 11 is 0.